The van der Waals surface area contributed by atoms with Gasteiger partial charge in [0.25, 0.3) is 0 Å². The third kappa shape index (κ3) is 3.94. The third-order valence-electron chi connectivity index (χ3n) is 2.67. The number of hydrogen-bond acceptors (Lipinski definition) is 3. The highest BCUT2D eigenvalue weighted by molar-refractivity contribution is 5.29. The van der Waals surface area contributed by atoms with Crippen LogP contribution in [0.25, 0.3) is 0 Å². The summed E-state index contributed by atoms with van der Waals surface area (Å²) in [5.41, 5.74) is -0.460. The highest BCUT2D eigenvalue weighted by atomic mass is 19.1. The lowest BCUT2D eigenvalue weighted by atomic mass is 10.0. The fourth-order valence-corrected chi connectivity index (χ4v) is 1.32. The third-order valence-corrected chi connectivity index (χ3v) is 2.67. The molecule has 1 aromatic rings. The van der Waals surface area contributed by atoms with Gasteiger partial charge in [-0.1, -0.05) is 6.92 Å². The van der Waals surface area contributed by atoms with Crippen molar-refractivity contribution in [1.82, 2.24) is 5.32 Å². The fraction of sp³-hybridized carbons (Fsp3) is 0.500. The van der Waals surface area contributed by atoms with Crippen molar-refractivity contribution in [2.45, 2.75) is 32.4 Å². The number of phenols is 1. The van der Waals surface area contributed by atoms with Gasteiger partial charge in [0, 0.05) is 13.1 Å². The maximum absolute atomic E-state index is 13.0. The summed E-state index contributed by atoms with van der Waals surface area (Å²) in [6.45, 7) is 4.08. The van der Waals surface area contributed by atoms with E-state index in [4.69, 9.17) is 5.11 Å². The van der Waals surface area contributed by atoms with Crippen molar-refractivity contribution in [3.63, 3.8) is 0 Å². The molecule has 17 heavy (non-hydrogen) atoms. The topological polar surface area (TPSA) is 52.5 Å². The summed E-state index contributed by atoms with van der Waals surface area (Å²) in [5.74, 6) is -2.93. The number of aliphatic hydroxyl groups is 1. The van der Waals surface area contributed by atoms with Crippen LogP contribution in [0.2, 0.25) is 0 Å². The molecular weight excluding hydrogens is 228 g/mol. The zero-order valence-corrected chi connectivity index (χ0v) is 9.93. The Hall–Kier alpha value is -1.20. The molecule has 0 saturated heterocycles. The van der Waals surface area contributed by atoms with E-state index in [1.54, 1.807) is 6.92 Å². The molecule has 5 heteroatoms. The molecule has 0 fully saturated rings. The van der Waals surface area contributed by atoms with Gasteiger partial charge >= 0.3 is 0 Å². The molecule has 0 spiro atoms. The summed E-state index contributed by atoms with van der Waals surface area (Å²) in [5, 5.41) is 21.5. The van der Waals surface area contributed by atoms with Crippen LogP contribution in [0.4, 0.5) is 8.78 Å². The summed E-state index contributed by atoms with van der Waals surface area (Å²) in [6, 6.07) is 2.12. The van der Waals surface area contributed by atoms with Crippen molar-refractivity contribution in [2.24, 2.45) is 0 Å². The molecule has 0 saturated carbocycles. The van der Waals surface area contributed by atoms with Gasteiger partial charge < -0.3 is 15.5 Å². The van der Waals surface area contributed by atoms with Crippen LogP contribution < -0.4 is 5.32 Å². The van der Waals surface area contributed by atoms with Crippen molar-refractivity contribution in [2.75, 3.05) is 6.54 Å². The van der Waals surface area contributed by atoms with Crippen molar-refractivity contribution >= 4 is 0 Å². The molecule has 0 aliphatic carbocycles. The SMILES string of the molecule is CCC(C)(O)CNCc1cc(F)c(O)c(F)c1. The van der Waals surface area contributed by atoms with E-state index >= 15 is 0 Å². The minimum atomic E-state index is -0.982. The minimum absolute atomic E-state index is 0.226. The van der Waals surface area contributed by atoms with Gasteiger partial charge in [-0.2, -0.15) is 0 Å². The van der Waals surface area contributed by atoms with Gasteiger partial charge in [-0.3, -0.25) is 0 Å². The normalized spacial score (nSPS) is 14.6. The molecule has 3 nitrogen and oxygen atoms in total. The van der Waals surface area contributed by atoms with E-state index < -0.39 is 23.0 Å². The van der Waals surface area contributed by atoms with Crippen LogP contribution in [0.1, 0.15) is 25.8 Å². The lowest BCUT2D eigenvalue weighted by molar-refractivity contribution is 0.0555. The van der Waals surface area contributed by atoms with E-state index in [-0.39, 0.29) is 6.54 Å². The Balaban J connectivity index is 2.59. The quantitative estimate of drug-likeness (QED) is 0.743. The van der Waals surface area contributed by atoms with Crippen LogP contribution in [0.3, 0.4) is 0 Å². The summed E-state index contributed by atoms with van der Waals surface area (Å²) >= 11 is 0. The van der Waals surface area contributed by atoms with Crippen molar-refractivity contribution < 1.29 is 19.0 Å². The molecule has 3 N–H and O–H groups in total. The molecule has 1 atom stereocenters. The molecular formula is C12H17F2NO2. The van der Waals surface area contributed by atoms with E-state index in [9.17, 15) is 13.9 Å². The second-order valence-corrected chi connectivity index (χ2v) is 4.36. The maximum atomic E-state index is 13.0. The predicted molar refractivity (Wildman–Crippen MR) is 60.6 cm³/mol. The van der Waals surface area contributed by atoms with E-state index in [2.05, 4.69) is 5.32 Å². The molecule has 0 aliphatic heterocycles. The molecule has 0 aliphatic rings. The minimum Gasteiger partial charge on any atom is -0.503 e. The van der Waals surface area contributed by atoms with Crippen LogP contribution in [-0.4, -0.2) is 22.4 Å². The lowest BCUT2D eigenvalue weighted by Gasteiger charge is -2.21. The summed E-state index contributed by atoms with van der Waals surface area (Å²) in [4.78, 5) is 0. The Bertz CT molecular complexity index is 371. The number of aromatic hydroxyl groups is 1. The van der Waals surface area contributed by atoms with E-state index in [1.807, 2.05) is 6.92 Å². The molecule has 1 rings (SSSR count). The van der Waals surface area contributed by atoms with E-state index in [0.29, 0.717) is 18.5 Å². The Kier molecular flexibility index (Phi) is 4.42. The first kappa shape index (κ1) is 13.9. The average Bonchev–Trinajstić information content (AvgIpc) is 2.25. The van der Waals surface area contributed by atoms with Crippen molar-refractivity contribution in [3.8, 4) is 5.75 Å². The number of hydrogen-bond donors (Lipinski definition) is 3. The first-order valence-electron chi connectivity index (χ1n) is 5.45. The fourth-order valence-electron chi connectivity index (χ4n) is 1.32. The molecule has 1 unspecified atom stereocenters. The molecule has 1 aromatic carbocycles. The Labute approximate surface area is 99.1 Å². The summed E-state index contributed by atoms with van der Waals surface area (Å²) in [7, 11) is 0. The lowest BCUT2D eigenvalue weighted by Crippen LogP contribution is -2.36. The first-order chi connectivity index (χ1) is 7.85. The van der Waals surface area contributed by atoms with Crippen LogP contribution >= 0.6 is 0 Å². The number of halogens is 2. The maximum Gasteiger partial charge on any atom is 0.187 e. The summed E-state index contributed by atoms with van der Waals surface area (Å²) < 4.78 is 26.0. The van der Waals surface area contributed by atoms with E-state index in [1.165, 1.54) is 0 Å². The van der Waals surface area contributed by atoms with Crippen LogP contribution in [0.5, 0.6) is 5.75 Å². The van der Waals surface area contributed by atoms with Crippen LogP contribution in [0.15, 0.2) is 12.1 Å². The molecule has 0 amide bonds. The first-order valence-corrected chi connectivity index (χ1v) is 5.45. The van der Waals surface area contributed by atoms with Gasteiger partial charge in [0.15, 0.2) is 17.4 Å². The summed E-state index contributed by atoms with van der Waals surface area (Å²) in [6.07, 6.45) is 0.582. The van der Waals surface area contributed by atoms with Gasteiger partial charge in [0.1, 0.15) is 0 Å². The van der Waals surface area contributed by atoms with Gasteiger partial charge in [0.05, 0.1) is 5.60 Å². The highest BCUT2D eigenvalue weighted by Crippen LogP contribution is 2.21. The highest BCUT2D eigenvalue weighted by Gasteiger charge is 2.16. The zero-order chi connectivity index (χ0) is 13.1. The van der Waals surface area contributed by atoms with E-state index in [0.717, 1.165) is 12.1 Å². The van der Waals surface area contributed by atoms with Gasteiger partial charge in [-0.05, 0) is 31.0 Å². The number of nitrogens with one attached hydrogen (secondary N) is 1. The Morgan fingerprint density at radius 3 is 2.29 bits per heavy atom. The van der Waals surface area contributed by atoms with Crippen molar-refractivity contribution in [3.05, 3.63) is 29.3 Å². The van der Waals surface area contributed by atoms with Crippen LogP contribution in [0, 0.1) is 11.6 Å². The Morgan fingerprint density at radius 1 is 1.29 bits per heavy atom. The monoisotopic (exact) mass is 245 g/mol. The molecule has 0 bridgehead atoms. The van der Waals surface area contributed by atoms with Crippen LogP contribution in [-0.2, 0) is 6.54 Å². The van der Waals surface area contributed by atoms with Gasteiger partial charge in [-0.15, -0.1) is 0 Å². The average molecular weight is 245 g/mol. The number of rotatable bonds is 5. The molecule has 96 valence electrons. The smallest absolute Gasteiger partial charge is 0.187 e. The zero-order valence-electron chi connectivity index (χ0n) is 9.93. The standard InChI is InChI=1S/C12H17F2NO2/c1-3-12(2,17)7-15-6-8-4-9(13)11(16)10(14)5-8/h4-5,15-17H,3,6-7H2,1-2H3. The predicted octanol–water partition coefficient (Wildman–Crippen LogP) is 1.92. The van der Waals surface area contributed by atoms with Gasteiger partial charge in [0.2, 0.25) is 0 Å². The molecule has 0 aromatic heterocycles. The largest absolute Gasteiger partial charge is 0.503 e. The molecule has 0 radical (unpaired) electrons. The van der Waals surface area contributed by atoms with Crippen molar-refractivity contribution in [1.29, 1.82) is 0 Å². The Morgan fingerprint density at radius 2 is 1.82 bits per heavy atom. The molecule has 0 heterocycles. The number of benzene rings is 1. The second kappa shape index (κ2) is 5.42. The number of phenolic OH excluding ortho intramolecular Hbond substituents is 1. The second-order valence-electron chi connectivity index (χ2n) is 4.36. The van der Waals surface area contributed by atoms with Gasteiger partial charge in [-0.25, -0.2) is 8.78 Å².